The lowest BCUT2D eigenvalue weighted by atomic mass is 10.1. The number of para-hydroxylation sites is 2. The molecule has 1 aromatic heterocycles. The molecule has 0 saturated carbocycles. The fourth-order valence-corrected chi connectivity index (χ4v) is 2.86. The number of benzene rings is 2. The molecular formula is C17H15NO4S. The van der Waals surface area contributed by atoms with Crippen molar-refractivity contribution < 1.29 is 18.2 Å². The van der Waals surface area contributed by atoms with Crippen LogP contribution in [0.25, 0.3) is 11.1 Å². The van der Waals surface area contributed by atoms with Crippen LogP contribution in [0.4, 0.5) is 0 Å². The maximum atomic E-state index is 12.1. The number of carbonyl (C=O) groups excluding carboxylic acids is 1. The zero-order chi connectivity index (χ0) is 16.2. The molecule has 5 nitrogen and oxygen atoms in total. The second-order valence-corrected chi connectivity index (χ2v) is 6.50. The van der Waals surface area contributed by atoms with E-state index in [-0.39, 0.29) is 6.61 Å². The molecule has 0 amide bonds. The first-order chi connectivity index (χ1) is 11.1. The summed E-state index contributed by atoms with van der Waals surface area (Å²) in [5, 5.41) is 0. The molecule has 0 aliphatic heterocycles. The highest BCUT2D eigenvalue weighted by molar-refractivity contribution is 7.83. The largest absolute Gasteiger partial charge is 0.452 e. The molecule has 2 aromatic carbocycles. The minimum absolute atomic E-state index is 0.0303. The van der Waals surface area contributed by atoms with E-state index in [9.17, 15) is 9.00 Å². The third-order valence-electron chi connectivity index (χ3n) is 3.20. The quantitative estimate of drug-likeness (QED) is 0.673. The molecule has 3 aromatic rings. The van der Waals surface area contributed by atoms with Crippen molar-refractivity contribution in [1.82, 2.24) is 4.98 Å². The van der Waals surface area contributed by atoms with Gasteiger partial charge in [0, 0.05) is 22.8 Å². The lowest BCUT2D eigenvalue weighted by molar-refractivity contribution is 0.0440. The van der Waals surface area contributed by atoms with E-state index in [1.54, 1.807) is 24.5 Å². The van der Waals surface area contributed by atoms with Crippen LogP contribution in [0.3, 0.4) is 0 Å². The average molecular weight is 329 g/mol. The second-order valence-electron chi connectivity index (χ2n) is 5.07. The molecule has 1 heterocycles. The topological polar surface area (TPSA) is 69.4 Å². The zero-order valence-corrected chi connectivity index (χ0v) is 13.3. The Kier molecular flexibility index (Phi) is 4.52. The van der Waals surface area contributed by atoms with Crippen LogP contribution in [0.1, 0.15) is 21.8 Å². The van der Waals surface area contributed by atoms with Crippen molar-refractivity contribution in [2.24, 2.45) is 0 Å². The summed E-state index contributed by atoms with van der Waals surface area (Å²) in [7, 11) is -0.958. The first-order valence-corrected chi connectivity index (χ1v) is 8.75. The van der Waals surface area contributed by atoms with Gasteiger partial charge in [-0.1, -0.05) is 24.3 Å². The van der Waals surface area contributed by atoms with Crippen molar-refractivity contribution in [1.29, 1.82) is 0 Å². The van der Waals surface area contributed by atoms with Gasteiger partial charge in [-0.25, -0.2) is 9.78 Å². The van der Waals surface area contributed by atoms with Gasteiger partial charge in [0.15, 0.2) is 12.2 Å². The van der Waals surface area contributed by atoms with Crippen LogP contribution in [0.5, 0.6) is 0 Å². The third kappa shape index (κ3) is 3.84. The molecule has 0 fully saturated rings. The van der Waals surface area contributed by atoms with Gasteiger partial charge >= 0.3 is 5.97 Å². The van der Waals surface area contributed by atoms with Crippen LogP contribution in [-0.2, 0) is 27.9 Å². The highest BCUT2D eigenvalue weighted by Gasteiger charge is 2.11. The van der Waals surface area contributed by atoms with E-state index >= 15 is 0 Å². The molecular weight excluding hydrogens is 314 g/mol. The number of oxazole rings is 1. The Morgan fingerprint density at radius 1 is 1.22 bits per heavy atom. The summed E-state index contributed by atoms with van der Waals surface area (Å²) in [5.74, 6) is 0.299. The average Bonchev–Trinajstić information content (AvgIpc) is 2.95. The summed E-state index contributed by atoms with van der Waals surface area (Å²) in [6.07, 6.45) is 1.62. The van der Waals surface area contributed by atoms with Gasteiger partial charge in [0.1, 0.15) is 5.52 Å². The molecule has 23 heavy (non-hydrogen) atoms. The molecule has 0 saturated heterocycles. The molecule has 6 heteroatoms. The molecule has 1 atom stereocenters. The van der Waals surface area contributed by atoms with E-state index in [0.29, 0.717) is 22.8 Å². The second kappa shape index (κ2) is 6.75. The van der Waals surface area contributed by atoms with Gasteiger partial charge in [0.05, 0.1) is 5.56 Å². The van der Waals surface area contributed by atoms with Crippen LogP contribution < -0.4 is 0 Å². The van der Waals surface area contributed by atoms with Crippen molar-refractivity contribution in [3.05, 3.63) is 65.5 Å². The molecule has 0 bridgehead atoms. The Morgan fingerprint density at radius 3 is 2.83 bits per heavy atom. The molecule has 3 rings (SSSR count). The standard InChI is InChI=1S/C17H15NO4S/c1-23(20)11-12-5-4-6-13(9-12)17(19)21-10-16-18-14-7-2-3-8-15(14)22-16/h2-9H,10-11H2,1H3. The number of rotatable bonds is 5. The lowest BCUT2D eigenvalue weighted by Crippen LogP contribution is -2.06. The van der Waals surface area contributed by atoms with E-state index in [1.165, 1.54) is 0 Å². The summed E-state index contributed by atoms with van der Waals surface area (Å²) >= 11 is 0. The summed E-state index contributed by atoms with van der Waals surface area (Å²) in [5.41, 5.74) is 2.64. The van der Waals surface area contributed by atoms with Crippen LogP contribution in [0.15, 0.2) is 52.9 Å². The van der Waals surface area contributed by atoms with E-state index in [2.05, 4.69) is 4.98 Å². The number of aromatic nitrogens is 1. The fourth-order valence-electron chi connectivity index (χ4n) is 2.22. The van der Waals surface area contributed by atoms with E-state index < -0.39 is 16.8 Å². The van der Waals surface area contributed by atoms with Crippen LogP contribution >= 0.6 is 0 Å². The molecule has 0 aliphatic carbocycles. The summed E-state index contributed by atoms with van der Waals surface area (Å²) in [6.45, 7) is -0.0303. The Hall–Kier alpha value is -2.47. The molecule has 0 spiro atoms. The Balaban J connectivity index is 1.68. The number of fused-ring (bicyclic) bond motifs is 1. The molecule has 0 N–H and O–H groups in total. The predicted molar refractivity (Wildman–Crippen MR) is 87.3 cm³/mol. The van der Waals surface area contributed by atoms with Gasteiger partial charge in [0.25, 0.3) is 0 Å². The first kappa shape index (κ1) is 15.4. The monoisotopic (exact) mass is 329 g/mol. The first-order valence-electron chi connectivity index (χ1n) is 7.02. The number of hydrogen-bond acceptors (Lipinski definition) is 5. The Bertz CT molecular complexity index is 839. The minimum Gasteiger partial charge on any atom is -0.452 e. The van der Waals surface area contributed by atoms with Crippen LogP contribution in [0.2, 0.25) is 0 Å². The smallest absolute Gasteiger partial charge is 0.338 e. The molecule has 1 unspecified atom stereocenters. The van der Waals surface area contributed by atoms with Gasteiger partial charge in [-0.05, 0) is 29.8 Å². The third-order valence-corrected chi connectivity index (χ3v) is 3.94. The van der Waals surface area contributed by atoms with Crippen molar-refractivity contribution >= 4 is 27.9 Å². The summed E-state index contributed by atoms with van der Waals surface area (Å²) < 4.78 is 22.0. The van der Waals surface area contributed by atoms with Crippen LogP contribution in [0, 0.1) is 0 Å². The molecule has 0 radical (unpaired) electrons. The predicted octanol–water partition coefficient (Wildman–Crippen LogP) is 3.06. The number of hydrogen-bond donors (Lipinski definition) is 0. The molecule has 118 valence electrons. The highest BCUT2D eigenvalue weighted by atomic mass is 32.2. The van der Waals surface area contributed by atoms with Gasteiger partial charge in [-0.15, -0.1) is 0 Å². The Labute approximate surface area is 135 Å². The summed E-state index contributed by atoms with van der Waals surface area (Å²) in [4.78, 5) is 16.4. The maximum Gasteiger partial charge on any atom is 0.338 e. The molecule has 0 aliphatic rings. The lowest BCUT2D eigenvalue weighted by Gasteiger charge is -2.04. The number of carbonyl (C=O) groups is 1. The summed E-state index contributed by atoms with van der Waals surface area (Å²) in [6, 6.07) is 14.3. The van der Waals surface area contributed by atoms with E-state index in [0.717, 1.165) is 11.1 Å². The normalized spacial score (nSPS) is 12.2. The van der Waals surface area contributed by atoms with Crippen molar-refractivity contribution in [3.8, 4) is 0 Å². The van der Waals surface area contributed by atoms with E-state index in [1.807, 2.05) is 30.3 Å². The fraction of sp³-hybridized carbons (Fsp3) is 0.176. The van der Waals surface area contributed by atoms with Crippen molar-refractivity contribution in [3.63, 3.8) is 0 Å². The van der Waals surface area contributed by atoms with Gasteiger partial charge in [-0.3, -0.25) is 4.21 Å². The Morgan fingerprint density at radius 2 is 2.04 bits per heavy atom. The van der Waals surface area contributed by atoms with Gasteiger partial charge in [-0.2, -0.15) is 0 Å². The maximum absolute atomic E-state index is 12.1. The van der Waals surface area contributed by atoms with Crippen molar-refractivity contribution in [2.45, 2.75) is 12.4 Å². The van der Waals surface area contributed by atoms with Crippen molar-refractivity contribution in [2.75, 3.05) is 6.26 Å². The number of esters is 1. The minimum atomic E-state index is -0.958. The van der Waals surface area contributed by atoms with E-state index in [4.69, 9.17) is 9.15 Å². The number of ether oxygens (including phenoxy) is 1. The number of nitrogens with zero attached hydrogens (tertiary/aromatic N) is 1. The van der Waals surface area contributed by atoms with Gasteiger partial charge in [0.2, 0.25) is 5.89 Å². The zero-order valence-electron chi connectivity index (χ0n) is 12.5. The van der Waals surface area contributed by atoms with Crippen LogP contribution in [-0.4, -0.2) is 21.4 Å². The highest BCUT2D eigenvalue weighted by Crippen LogP contribution is 2.16. The SMILES string of the molecule is CS(=O)Cc1cccc(C(=O)OCc2nc3ccccc3o2)c1. The van der Waals surface area contributed by atoms with Gasteiger partial charge < -0.3 is 9.15 Å².